The molecule has 1 fully saturated rings. The molecule has 5 nitrogen and oxygen atoms in total. The number of carbonyl (C=O) groups excluding carboxylic acids is 1. The number of carboxylic acid groups (broad SMARTS) is 1. The van der Waals surface area contributed by atoms with Crippen molar-refractivity contribution in [3.05, 3.63) is 47.5 Å². The third kappa shape index (κ3) is 4.60. The molecule has 1 unspecified atom stereocenters. The molecule has 1 aliphatic heterocycles. The first-order valence-corrected chi connectivity index (χ1v) is 8.25. The average molecular weight is 331 g/mol. The van der Waals surface area contributed by atoms with Crippen molar-refractivity contribution in [2.24, 2.45) is 5.41 Å². The van der Waals surface area contributed by atoms with Gasteiger partial charge in [0.05, 0.1) is 5.41 Å². The summed E-state index contributed by atoms with van der Waals surface area (Å²) in [5, 5.41) is 9.70. The van der Waals surface area contributed by atoms with E-state index in [1.807, 2.05) is 50.3 Å². The van der Waals surface area contributed by atoms with Gasteiger partial charge in [0, 0.05) is 13.1 Å². The first-order valence-electron chi connectivity index (χ1n) is 8.25. The summed E-state index contributed by atoms with van der Waals surface area (Å²) in [6.45, 7) is 4.83. The number of benzene rings is 1. The van der Waals surface area contributed by atoms with Crippen LogP contribution in [0, 0.1) is 5.41 Å². The Balaban J connectivity index is 2.01. The van der Waals surface area contributed by atoms with E-state index in [-0.39, 0.29) is 13.2 Å². The summed E-state index contributed by atoms with van der Waals surface area (Å²) in [4.78, 5) is 25.7. The van der Waals surface area contributed by atoms with Crippen LogP contribution in [0.5, 0.6) is 0 Å². The number of nitrogens with zero attached hydrogens (tertiary/aromatic N) is 1. The second-order valence-corrected chi connectivity index (χ2v) is 6.64. The SMILES string of the molecule is CC(C)=CCC1(C(=O)O)CCCN(C(=O)OCc2ccccc2)C1. The van der Waals surface area contributed by atoms with Gasteiger partial charge in [-0.05, 0) is 38.7 Å². The summed E-state index contributed by atoms with van der Waals surface area (Å²) < 4.78 is 5.34. The van der Waals surface area contributed by atoms with Gasteiger partial charge in [-0.1, -0.05) is 42.0 Å². The van der Waals surface area contributed by atoms with Crippen molar-refractivity contribution in [1.29, 1.82) is 0 Å². The lowest BCUT2D eigenvalue weighted by molar-refractivity contribution is -0.151. The molecule has 0 bridgehead atoms. The van der Waals surface area contributed by atoms with Gasteiger partial charge in [-0.15, -0.1) is 0 Å². The molecule has 24 heavy (non-hydrogen) atoms. The van der Waals surface area contributed by atoms with Crippen molar-refractivity contribution in [3.63, 3.8) is 0 Å². The molecule has 0 radical (unpaired) electrons. The number of carbonyl (C=O) groups is 2. The maximum atomic E-state index is 12.3. The molecule has 5 heteroatoms. The molecular formula is C19H25NO4. The minimum atomic E-state index is -0.915. The Labute approximate surface area is 142 Å². The predicted octanol–water partition coefficient (Wildman–Crippen LogP) is 3.85. The Bertz CT molecular complexity index is 607. The highest BCUT2D eigenvalue weighted by molar-refractivity contribution is 5.77. The zero-order valence-electron chi connectivity index (χ0n) is 14.3. The number of hydrogen-bond donors (Lipinski definition) is 1. The Hall–Kier alpha value is -2.30. The normalized spacial score (nSPS) is 20.3. The van der Waals surface area contributed by atoms with E-state index in [4.69, 9.17) is 4.74 Å². The lowest BCUT2D eigenvalue weighted by atomic mass is 9.77. The summed E-state index contributed by atoms with van der Waals surface area (Å²) >= 11 is 0. The van der Waals surface area contributed by atoms with Gasteiger partial charge in [0.2, 0.25) is 0 Å². The lowest BCUT2D eigenvalue weighted by Crippen LogP contribution is -2.49. The molecule has 1 amide bonds. The van der Waals surface area contributed by atoms with Gasteiger partial charge in [0.1, 0.15) is 6.61 Å². The maximum absolute atomic E-state index is 12.3. The van der Waals surface area contributed by atoms with Gasteiger partial charge in [-0.3, -0.25) is 4.79 Å². The van der Waals surface area contributed by atoms with Gasteiger partial charge >= 0.3 is 12.1 Å². The molecule has 1 atom stereocenters. The van der Waals surface area contributed by atoms with Crippen LogP contribution in [0.15, 0.2) is 42.0 Å². The second kappa shape index (κ2) is 7.99. The van der Waals surface area contributed by atoms with Gasteiger partial charge in [0.15, 0.2) is 0 Å². The van der Waals surface area contributed by atoms with Crippen molar-refractivity contribution >= 4 is 12.1 Å². The third-order valence-corrected chi connectivity index (χ3v) is 4.39. The molecule has 0 aromatic heterocycles. The number of piperidine rings is 1. The summed E-state index contributed by atoms with van der Waals surface area (Å²) in [7, 11) is 0. The standard InChI is InChI=1S/C19H25NO4/c1-15(2)9-11-19(17(21)22)10-6-12-20(14-19)18(23)24-13-16-7-4-3-5-8-16/h3-5,7-9H,6,10-14H2,1-2H3,(H,21,22). The highest BCUT2D eigenvalue weighted by atomic mass is 16.6. The van der Waals surface area contributed by atoms with Gasteiger partial charge < -0.3 is 14.7 Å². The van der Waals surface area contributed by atoms with Crippen LogP contribution in [0.4, 0.5) is 4.79 Å². The third-order valence-electron chi connectivity index (χ3n) is 4.39. The fourth-order valence-corrected chi connectivity index (χ4v) is 2.93. The van der Waals surface area contributed by atoms with Crippen LogP contribution >= 0.6 is 0 Å². The van der Waals surface area contributed by atoms with Crippen molar-refractivity contribution in [3.8, 4) is 0 Å². The molecule has 1 N–H and O–H groups in total. The molecule has 1 heterocycles. The van der Waals surface area contributed by atoms with E-state index in [9.17, 15) is 14.7 Å². The largest absolute Gasteiger partial charge is 0.481 e. The van der Waals surface area contributed by atoms with Gasteiger partial charge in [-0.25, -0.2) is 4.79 Å². The molecule has 1 aliphatic rings. The smallest absolute Gasteiger partial charge is 0.410 e. The van der Waals surface area contributed by atoms with Gasteiger partial charge in [-0.2, -0.15) is 0 Å². The number of hydrogen-bond acceptors (Lipinski definition) is 3. The Morgan fingerprint density at radius 3 is 2.62 bits per heavy atom. The number of likely N-dealkylation sites (tertiary alicyclic amines) is 1. The van der Waals surface area contributed by atoms with Crippen LogP contribution in [0.25, 0.3) is 0 Å². The minimum absolute atomic E-state index is 0.194. The molecule has 0 saturated carbocycles. The van der Waals surface area contributed by atoms with Crippen molar-refractivity contribution in [2.75, 3.05) is 13.1 Å². The first-order chi connectivity index (χ1) is 11.4. The van der Waals surface area contributed by atoms with E-state index in [1.165, 1.54) is 4.90 Å². The molecule has 1 aromatic rings. The topological polar surface area (TPSA) is 66.8 Å². The van der Waals surface area contributed by atoms with Crippen LogP contribution in [-0.4, -0.2) is 35.2 Å². The van der Waals surface area contributed by atoms with Crippen LogP contribution in [0.3, 0.4) is 0 Å². The number of aliphatic carboxylic acids is 1. The molecule has 0 aliphatic carbocycles. The second-order valence-electron chi connectivity index (χ2n) is 6.64. The number of amides is 1. The van der Waals surface area contributed by atoms with Crippen molar-refractivity contribution in [2.45, 2.75) is 39.7 Å². The zero-order chi connectivity index (χ0) is 17.6. The average Bonchev–Trinajstić information content (AvgIpc) is 2.59. The quantitative estimate of drug-likeness (QED) is 0.832. The van der Waals surface area contributed by atoms with Gasteiger partial charge in [0.25, 0.3) is 0 Å². The Morgan fingerprint density at radius 1 is 1.29 bits per heavy atom. The molecular weight excluding hydrogens is 306 g/mol. The summed E-state index contributed by atoms with van der Waals surface area (Å²) in [6.07, 6.45) is 3.18. The lowest BCUT2D eigenvalue weighted by Gasteiger charge is -2.38. The van der Waals surface area contributed by atoms with Crippen LogP contribution < -0.4 is 0 Å². The van der Waals surface area contributed by atoms with Crippen LogP contribution in [0.2, 0.25) is 0 Å². The molecule has 2 rings (SSSR count). The highest BCUT2D eigenvalue weighted by Crippen LogP contribution is 2.35. The zero-order valence-corrected chi connectivity index (χ0v) is 14.3. The minimum Gasteiger partial charge on any atom is -0.481 e. The van der Waals surface area contributed by atoms with Crippen LogP contribution in [0.1, 0.15) is 38.7 Å². The summed E-state index contributed by atoms with van der Waals surface area (Å²) in [6, 6.07) is 9.46. The maximum Gasteiger partial charge on any atom is 0.410 e. The van der Waals surface area contributed by atoms with Crippen molar-refractivity contribution < 1.29 is 19.4 Å². The number of allylic oxidation sites excluding steroid dienone is 2. The number of carboxylic acids is 1. The Kier molecular flexibility index (Phi) is 6.01. The first kappa shape index (κ1) is 18.0. The molecule has 1 saturated heterocycles. The van der Waals surface area contributed by atoms with E-state index in [0.29, 0.717) is 25.8 Å². The van der Waals surface area contributed by atoms with E-state index in [2.05, 4.69) is 0 Å². The fourth-order valence-electron chi connectivity index (χ4n) is 2.93. The molecule has 0 spiro atoms. The molecule has 130 valence electrons. The summed E-state index contributed by atoms with van der Waals surface area (Å²) in [5.41, 5.74) is 1.08. The van der Waals surface area contributed by atoms with Crippen LogP contribution in [-0.2, 0) is 16.1 Å². The predicted molar refractivity (Wildman–Crippen MR) is 91.6 cm³/mol. The number of ether oxygens (including phenoxy) is 1. The van der Waals surface area contributed by atoms with E-state index >= 15 is 0 Å². The molecule has 1 aromatic carbocycles. The van der Waals surface area contributed by atoms with Crippen molar-refractivity contribution in [1.82, 2.24) is 4.90 Å². The highest BCUT2D eigenvalue weighted by Gasteiger charge is 2.43. The van der Waals surface area contributed by atoms with E-state index < -0.39 is 17.5 Å². The summed E-state index contributed by atoms with van der Waals surface area (Å²) in [5.74, 6) is -0.847. The monoisotopic (exact) mass is 331 g/mol. The fraction of sp³-hybridized carbons (Fsp3) is 0.474. The Morgan fingerprint density at radius 2 is 2.00 bits per heavy atom. The van der Waals surface area contributed by atoms with E-state index in [1.54, 1.807) is 0 Å². The number of rotatable bonds is 5. The van der Waals surface area contributed by atoms with E-state index in [0.717, 1.165) is 11.1 Å².